The third-order valence-electron chi connectivity index (χ3n) is 1.40. The Labute approximate surface area is 75.0 Å². The fraction of sp³-hybridized carbons (Fsp3) is 1.00. The van der Waals surface area contributed by atoms with Crippen LogP contribution < -0.4 is 5.73 Å². The highest BCUT2D eigenvalue weighted by atomic mass is 19.4. The molecule has 0 aliphatic rings. The molecule has 0 saturated carbocycles. The van der Waals surface area contributed by atoms with Gasteiger partial charge in [-0.15, -0.1) is 0 Å². The van der Waals surface area contributed by atoms with Crippen LogP contribution in [0.25, 0.3) is 0 Å². The molecule has 0 aromatic carbocycles. The molecular weight excluding hydrogens is 187 g/mol. The number of rotatable bonds is 6. The van der Waals surface area contributed by atoms with E-state index in [-0.39, 0.29) is 26.2 Å². The molecular formula is C7H14F3NO2. The van der Waals surface area contributed by atoms with E-state index in [2.05, 4.69) is 9.47 Å². The molecule has 6 heteroatoms. The molecule has 0 aliphatic heterocycles. The van der Waals surface area contributed by atoms with Gasteiger partial charge in [0.2, 0.25) is 0 Å². The topological polar surface area (TPSA) is 44.5 Å². The smallest absolute Gasteiger partial charge is 0.382 e. The standard InChI is InChI=1S/C7H14F3NO2/c1-12-4-5-13-6(2-3-11)7(8,9)10/h6H,2-5,11H2,1H3. The fourth-order valence-electron chi connectivity index (χ4n) is 0.767. The second kappa shape index (κ2) is 6.17. The summed E-state index contributed by atoms with van der Waals surface area (Å²) < 4.78 is 45.5. The Balaban J connectivity index is 3.81. The minimum atomic E-state index is -4.34. The van der Waals surface area contributed by atoms with E-state index in [1.54, 1.807) is 0 Å². The van der Waals surface area contributed by atoms with Crippen molar-refractivity contribution in [1.29, 1.82) is 0 Å². The van der Waals surface area contributed by atoms with Crippen LogP contribution >= 0.6 is 0 Å². The quantitative estimate of drug-likeness (QED) is 0.650. The molecule has 0 saturated heterocycles. The Morgan fingerprint density at radius 1 is 1.31 bits per heavy atom. The van der Waals surface area contributed by atoms with Crippen LogP contribution in [0.2, 0.25) is 0 Å². The summed E-state index contributed by atoms with van der Waals surface area (Å²) in [6, 6.07) is 0. The zero-order valence-electron chi connectivity index (χ0n) is 7.43. The van der Waals surface area contributed by atoms with Gasteiger partial charge in [-0.25, -0.2) is 0 Å². The molecule has 0 spiro atoms. The normalized spacial score (nSPS) is 14.5. The second-order valence-electron chi connectivity index (χ2n) is 2.47. The number of ether oxygens (including phenoxy) is 2. The van der Waals surface area contributed by atoms with Gasteiger partial charge in [0.25, 0.3) is 0 Å². The highest BCUT2D eigenvalue weighted by Gasteiger charge is 2.39. The van der Waals surface area contributed by atoms with Gasteiger partial charge in [0, 0.05) is 7.11 Å². The molecule has 0 rings (SSSR count). The predicted octanol–water partition coefficient (Wildman–Crippen LogP) is 0.929. The van der Waals surface area contributed by atoms with E-state index in [0.29, 0.717) is 0 Å². The number of alkyl halides is 3. The van der Waals surface area contributed by atoms with Crippen LogP contribution in [0.15, 0.2) is 0 Å². The third kappa shape index (κ3) is 5.84. The zero-order chi connectivity index (χ0) is 10.3. The maximum absolute atomic E-state index is 12.1. The summed E-state index contributed by atoms with van der Waals surface area (Å²) >= 11 is 0. The number of hydrogen-bond acceptors (Lipinski definition) is 3. The molecule has 2 N–H and O–H groups in total. The van der Waals surface area contributed by atoms with E-state index in [1.807, 2.05) is 0 Å². The summed E-state index contributed by atoms with van der Waals surface area (Å²) in [6.45, 7) is 0.0367. The SMILES string of the molecule is COCCOC(CCN)C(F)(F)F. The van der Waals surface area contributed by atoms with Crippen LogP contribution in [0.3, 0.4) is 0 Å². The van der Waals surface area contributed by atoms with E-state index < -0.39 is 12.3 Å². The molecule has 1 atom stereocenters. The van der Waals surface area contributed by atoms with Crippen molar-refractivity contribution in [2.75, 3.05) is 26.9 Å². The first kappa shape index (κ1) is 12.7. The molecule has 80 valence electrons. The lowest BCUT2D eigenvalue weighted by Gasteiger charge is -2.19. The van der Waals surface area contributed by atoms with Crippen LogP contribution in [0.1, 0.15) is 6.42 Å². The van der Waals surface area contributed by atoms with Crippen molar-refractivity contribution in [3.8, 4) is 0 Å². The van der Waals surface area contributed by atoms with Gasteiger partial charge in [0.1, 0.15) is 0 Å². The van der Waals surface area contributed by atoms with E-state index in [1.165, 1.54) is 7.11 Å². The van der Waals surface area contributed by atoms with Crippen molar-refractivity contribution in [2.24, 2.45) is 5.73 Å². The lowest BCUT2D eigenvalue weighted by atomic mass is 10.2. The second-order valence-corrected chi connectivity index (χ2v) is 2.47. The zero-order valence-corrected chi connectivity index (χ0v) is 7.43. The van der Waals surface area contributed by atoms with Crippen molar-refractivity contribution >= 4 is 0 Å². The Kier molecular flexibility index (Phi) is 6.02. The summed E-state index contributed by atoms with van der Waals surface area (Å²) in [4.78, 5) is 0. The molecule has 0 heterocycles. The van der Waals surface area contributed by atoms with Gasteiger partial charge >= 0.3 is 6.18 Å². The van der Waals surface area contributed by atoms with Gasteiger partial charge in [-0.1, -0.05) is 0 Å². The Morgan fingerprint density at radius 3 is 2.31 bits per heavy atom. The molecule has 0 fully saturated rings. The molecule has 1 unspecified atom stereocenters. The third-order valence-corrected chi connectivity index (χ3v) is 1.40. The molecule has 0 amide bonds. The summed E-state index contributed by atoms with van der Waals surface area (Å²) in [5, 5.41) is 0. The first-order valence-electron chi connectivity index (χ1n) is 3.89. The molecule has 3 nitrogen and oxygen atoms in total. The lowest BCUT2D eigenvalue weighted by molar-refractivity contribution is -0.223. The number of nitrogens with two attached hydrogens (primary N) is 1. The first-order valence-corrected chi connectivity index (χ1v) is 3.89. The van der Waals surface area contributed by atoms with Crippen molar-refractivity contribution in [3.05, 3.63) is 0 Å². The summed E-state index contributed by atoms with van der Waals surface area (Å²) in [5.41, 5.74) is 5.02. The highest BCUT2D eigenvalue weighted by Crippen LogP contribution is 2.24. The van der Waals surface area contributed by atoms with Crippen LogP contribution in [0.4, 0.5) is 13.2 Å². The van der Waals surface area contributed by atoms with Crippen molar-refractivity contribution in [2.45, 2.75) is 18.7 Å². The number of halogens is 3. The minimum absolute atomic E-state index is 0.0445. The van der Waals surface area contributed by atoms with Gasteiger partial charge in [-0.2, -0.15) is 13.2 Å². The Hall–Kier alpha value is -0.330. The van der Waals surface area contributed by atoms with E-state index >= 15 is 0 Å². The van der Waals surface area contributed by atoms with Gasteiger partial charge in [-0.3, -0.25) is 0 Å². The van der Waals surface area contributed by atoms with Crippen LogP contribution in [-0.2, 0) is 9.47 Å². The molecule has 13 heavy (non-hydrogen) atoms. The Bertz CT molecular complexity index is 129. The van der Waals surface area contributed by atoms with Gasteiger partial charge in [0.15, 0.2) is 6.10 Å². The highest BCUT2D eigenvalue weighted by molar-refractivity contribution is 4.67. The number of hydrogen-bond donors (Lipinski definition) is 1. The van der Waals surface area contributed by atoms with Gasteiger partial charge < -0.3 is 15.2 Å². The monoisotopic (exact) mass is 201 g/mol. The van der Waals surface area contributed by atoms with Gasteiger partial charge in [-0.05, 0) is 13.0 Å². The minimum Gasteiger partial charge on any atom is -0.382 e. The van der Waals surface area contributed by atoms with Gasteiger partial charge in [0.05, 0.1) is 13.2 Å². The average molecular weight is 201 g/mol. The summed E-state index contributed by atoms with van der Waals surface area (Å²) in [7, 11) is 1.40. The average Bonchev–Trinajstić information content (AvgIpc) is 2.01. The molecule has 0 bridgehead atoms. The number of methoxy groups -OCH3 is 1. The van der Waals surface area contributed by atoms with Crippen molar-refractivity contribution < 1.29 is 22.6 Å². The summed E-state index contributed by atoms with van der Waals surface area (Å²) in [5.74, 6) is 0. The Morgan fingerprint density at radius 2 is 1.92 bits per heavy atom. The molecule has 0 radical (unpaired) electrons. The fourth-order valence-corrected chi connectivity index (χ4v) is 0.767. The molecule has 0 aromatic rings. The lowest BCUT2D eigenvalue weighted by Crippen LogP contribution is -2.34. The molecule has 0 aliphatic carbocycles. The van der Waals surface area contributed by atoms with E-state index in [9.17, 15) is 13.2 Å². The maximum Gasteiger partial charge on any atom is 0.414 e. The largest absolute Gasteiger partial charge is 0.414 e. The van der Waals surface area contributed by atoms with Crippen LogP contribution in [0, 0.1) is 0 Å². The first-order chi connectivity index (χ1) is 6.02. The predicted molar refractivity (Wildman–Crippen MR) is 41.3 cm³/mol. The van der Waals surface area contributed by atoms with Crippen LogP contribution in [-0.4, -0.2) is 39.1 Å². The maximum atomic E-state index is 12.1. The van der Waals surface area contributed by atoms with Crippen LogP contribution in [0.5, 0.6) is 0 Å². The molecule has 0 aromatic heterocycles. The van der Waals surface area contributed by atoms with Crippen molar-refractivity contribution in [1.82, 2.24) is 0 Å². The van der Waals surface area contributed by atoms with E-state index in [0.717, 1.165) is 0 Å². The van der Waals surface area contributed by atoms with E-state index in [4.69, 9.17) is 5.73 Å². The van der Waals surface area contributed by atoms with Crippen molar-refractivity contribution in [3.63, 3.8) is 0 Å². The summed E-state index contributed by atoms with van der Waals surface area (Å²) in [6.07, 6.45) is -6.33.